The summed E-state index contributed by atoms with van der Waals surface area (Å²) in [5, 5.41) is 9.76. The van der Waals surface area contributed by atoms with Crippen molar-refractivity contribution in [1.82, 2.24) is 14.9 Å². The summed E-state index contributed by atoms with van der Waals surface area (Å²) in [4.78, 5) is 34.0. The van der Waals surface area contributed by atoms with E-state index in [1.54, 1.807) is 31.2 Å². The Morgan fingerprint density at radius 2 is 1.77 bits per heavy atom. The van der Waals surface area contributed by atoms with Crippen LogP contribution in [-0.2, 0) is 0 Å². The molecule has 6 heteroatoms. The molecular weight excluding hydrogens is 378 g/mol. The van der Waals surface area contributed by atoms with Crippen LogP contribution in [0.2, 0.25) is 0 Å². The number of aromatic nitrogens is 2. The zero-order valence-electron chi connectivity index (χ0n) is 17.0. The fourth-order valence-corrected chi connectivity index (χ4v) is 3.85. The van der Waals surface area contributed by atoms with Crippen molar-refractivity contribution < 1.29 is 9.90 Å². The van der Waals surface area contributed by atoms with Crippen LogP contribution in [0.5, 0.6) is 5.75 Å². The van der Waals surface area contributed by atoms with E-state index in [0.29, 0.717) is 22.5 Å². The predicted molar refractivity (Wildman–Crippen MR) is 117 cm³/mol. The molecule has 1 saturated heterocycles. The summed E-state index contributed by atoms with van der Waals surface area (Å²) in [6.07, 6.45) is 4.42. The molecule has 2 aromatic carbocycles. The Kier molecular flexibility index (Phi) is 5.65. The van der Waals surface area contributed by atoms with E-state index in [9.17, 15) is 14.7 Å². The van der Waals surface area contributed by atoms with Crippen molar-refractivity contribution in [1.29, 1.82) is 0 Å². The largest absolute Gasteiger partial charge is 0.508 e. The Morgan fingerprint density at radius 1 is 1.00 bits per heavy atom. The number of H-pyrrole nitrogens is 1. The quantitative estimate of drug-likeness (QED) is 0.688. The summed E-state index contributed by atoms with van der Waals surface area (Å²) < 4.78 is 0. The minimum absolute atomic E-state index is 0.0320. The Morgan fingerprint density at radius 3 is 2.50 bits per heavy atom. The first-order valence-corrected chi connectivity index (χ1v) is 10.3. The van der Waals surface area contributed by atoms with Gasteiger partial charge in [-0.3, -0.25) is 4.79 Å². The van der Waals surface area contributed by atoms with Crippen LogP contribution in [0.1, 0.15) is 41.6 Å². The van der Waals surface area contributed by atoms with E-state index in [0.717, 1.165) is 37.1 Å². The maximum atomic E-state index is 13.0. The second-order valence-corrected chi connectivity index (χ2v) is 7.77. The number of benzene rings is 2. The van der Waals surface area contributed by atoms with Crippen molar-refractivity contribution in [3.63, 3.8) is 0 Å². The molecule has 1 aliphatic rings. The molecule has 0 bridgehead atoms. The average Bonchev–Trinajstić information content (AvgIpc) is 3.04. The van der Waals surface area contributed by atoms with E-state index in [2.05, 4.69) is 9.97 Å². The van der Waals surface area contributed by atoms with E-state index in [1.165, 1.54) is 12.8 Å². The third kappa shape index (κ3) is 4.27. The zero-order valence-corrected chi connectivity index (χ0v) is 17.0. The average molecular weight is 403 g/mol. The molecule has 154 valence electrons. The number of likely N-dealkylation sites (tertiary alicyclic amines) is 1. The lowest BCUT2D eigenvalue weighted by Gasteiger charge is -2.20. The first kappa shape index (κ1) is 19.9. The first-order chi connectivity index (χ1) is 14.5. The Hall–Kier alpha value is -3.41. The monoisotopic (exact) mass is 403 g/mol. The highest BCUT2D eigenvalue weighted by Gasteiger charge is 2.18. The number of hydrogen-bond acceptors (Lipinski definition) is 4. The SMILES string of the molecule is Cc1cc(-c2cc(-c3cccc(C(=O)N4CCCCCC4)c3)[nH]c(=O)n2)ccc1O. The zero-order chi connectivity index (χ0) is 21.1. The van der Waals surface area contributed by atoms with E-state index in [1.807, 2.05) is 29.2 Å². The van der Waals surface area contributed by atoms with Gasteiger partial charge in [-0.15, -0.1) is 0 Å². The summed E-state index contributed by atoms with van der Waals surface area (Å²) in [6, 6.07) is 14.3. The number of aryl methyl sites for hydroxylation is 1. The maximum absolute atomic E-state index is 13.0. The molecule has 4 rings (SSSR count). The molecule has 2 N–H and O–H groups in total. The van der Waals surface area contributed by atoms with Crippen molar-refractivity contribution in [2.75, 3.05) is 13.1 Å². The molecule has 3 aromatic rings. The van der Waals surface area contributed by atoms with E-state index < -0.39 is 5.69 Å². The number of rotatable bonds is 3. The molecular formula is C24H25N3O3. The number of amides is 1. The smallest absolute Gasteiger partial charge is 0.345 e. The molecule has 0 radical (unpaired) electrons. The fraction of sp³-hybridized carbons (Fsp3) is 0.292. The van der Waals surface area contributed by atoms with Crippen LogP contribution in [0.4, 0.5) is 0 Å². The summed E-state index contributed by atoms with van der Waals surface area (Å²) >= 11 is 0. The molecule has 1 amide bonds. The number of carbonyl (C=O) groups is 1. The molecule has 2 heterocycles. The number of nitrogens with one attached hydrogen (secondary N) is 1. The van der Waals surface area contributed by atoms with Crippen LogP contribution in [0, 0.1) is 6.92 Å². The third-order valence-electron chi connectivity index (χ3n) is 5.55. The summed E-state index contributed by atoms with van der Waals surface area (Å²) in [6.45, 7) is 3.38. The molecule has 0 unspecified atom stereocenters. The lowest BCUT2D eigenvalue weighted by atomic mass is 10.0. The number of aromatic amines is 1. The van der Waals surface area contributed by atoms with E-state index in [-0.39, 0.29) is 11.7 Å². The van der Waals surface area contributed by atoms with Gasteiger partial charge in [0.25, 0.3) is 5.91 Å². The second kappa shape index (κ2) is 8.53. The van der Waals surface area contributed by atoms with Crippen LogP contribution in [-0.4, -0.2) is 39.0 Å². The van der Waals surface area contributed by atoms with E-state index >= 15 is 0 Å². The van der Waals surface area contributed by atoms with Gasteiger partial charge in [0.05, 0.1) is 11.4 Å². The normalized spacial score (nSPS) is 14.4. The van der Waals surface area contributed by atoms with Gasteiger partial charge in [-0.1, -0.05) is 25.0 Å². The number of phenols is 1. The van der Waals surface area contributed by atoms with Crippen molar-refractivity contribution in [3.8, 4) is 28.3 Å². The fourth-order valence-electron chi connectivity index (χ4n) is 3.85. The second-order valence-electron chi connectivity index (χ2n) is 7.77. The van der Waals surface area contributed by atoms with Gasteiger partial charge in [0.2, 0.25) is 0 Å². The number of carbonyl (C=O) groups excluding carboxylic acids is 1. The van der Waals surface area contributed by atoms with Gasteiger partial charge in [0, 0.05) is 24.2 Å². The van der Waals surface area contributed by atoms with Crippen molar-refractivity contribution in [2.24, 2.45) is 0 Å². The van der Waals surface area contributed by atoms with Crippen molar-refractivity contribution in [3.05, 3.63) is 70.1 Å². The molecule has 6 nitrogen and oxygen atoms in total. The topological polar surface area (TPSA) is 86.3 Å². The summed E-state index contributed by atoms with van der Waals surface area (Å²) in [5.74, 6) is 0.230. The molecule has 30 heavy (non-hydrogen) atoms. The van der Waals surface area contributed by atoms with Crippen LogP contribution < -0.4 is 5.69 Å². The Balaban J connectivity index is 1.68. The summed E-state index contributed by atoms with van der Waals surface area (Å²) in [5.41, 5.74) is 3.48. The van der Waals surface area contributed by atoms with Gasteiger partial charge in [0.1, 0.15) is 5.75 Å². The molecule has 0 saturated carbocycles. The van der Waals surface area contributed by atoms with Gasteiger partial charge in [-0.05, 0) is 67.3 Å². The van der Waals surface area contributed by atoms with Gasteiger partial charge >= 0.3 is 5.69 Å². The van der Waals surface area contributed by atoms with Crippen LogP contribution in [0.3, 0.4) is 0 Å². The maximum Gasteiger partial charge on any atom is 0.345 e. The lowest BCUT2D eigenvalue weighted by Crippen LogP contribution is -2.31. The Bertz CT molecular complexity index is 1130. The first-order valence-electron chi connectivity index (χ1n) is 10.3. The molecule has 1 aliphatic heterocycles. The standard InChI is InChI=1S/C24H25N3O3/c1-16-13-18(9-10-22(16)28)21-15-20(25-24(30)26-21)17-7-6-8-19(14-17)23(29)27-11-4-2-3-5-12-27/h6-10,13-15,28H,2-5,11-12H2,1H3,(H,25,26,30). The number of phenolic OH excluding ortho intramolecular Hbond substituents is 1. The predicted octanol–water partition coefficient (Wildman–Crippen LogP) is 4.13. The van der Waals surface area contributed by atoms with Crippen LogP contribution >= 0.6 is 0 Å². The highest BCUT2D eigenvalue weighted by Crippen LogP contribution is 2.26. The minimum Gasteiger partial charge on any atom is -0.508 e. The highest BCUT2D eigenvalue weighted by atomic mass is 16.3. The van der Waals surface area contributed by atoms with Crippen molar-refractivity contribution >= 4 is 5.91 Å². The van der Waals surface area contributed by atoms with Crippen LogP contribution in [0.25, 0.3) is 22.5 Å². The number of aromatic hydroxyl groups is 1. The van der Waals surface area contributed by atoms with Gasteiger partial charge < -0.3 is 15.0 Å². The van der Waals surface area contributed by atoms with Gasteiger partial charge in [0.15, 0.2) is 0 Å². The lowest BCUT2D eigenvalue weighted by molar-refractivity contribution is 0.0761. The third-order valence-corrected chi connectivity index (χ3v) is 5.55. The minimum atomic E-state index is -0.461. The van der Waals surface area contributed by atoms with Crippen LogP contribution in [0.15, 0.2) is 53.3 Å². The molecule has 1 aromatic heterocycles. The number of hydrogen-bond donors (Lipinski definition) is 2. The van der Waals surface area contributed by atoms with E-state index in [4.69, 9.17) is 0 Å². The highest BCUT2D eigenvalue weighted by molar-refractivity contribution is 5.95. The van der Waals surface area contributed by atoms with Gasteiger partial charge in [-0.25, -0.2) is 4.79 Å². The molecule has 1 fully saturated rings. The molecule has 0 aliphatic carbocycles. The number of nitrogens with zero attached hydrogens (tertiary/aromatic N) is 2. The summed E-state index contributed by atoms with van der Waals surface area (Å²) in [7, 11) is 0. The Labute approximate surface area is 175 Å². The molecule has 0 atom stereocenters. The van der Waals surface area contributed by atoms with Gasteiger partial charge in [-0.2, -0.15) is 4.98 Å². The molecule has 0 spiro atoms. The van der Waals surface area contributed by atoms with Crippen molar-refractivity contribution in [2.45, 2.75) is 32.6 Å².